The Hall–Kier alpha value is -1.53. The minimum atomic E-state index is -0.342. The molecule has 0 fully saturated rings. The number of phenolic OH excluding ortho intramolecular Hbond substituents is 1. The molecule has 3 nitrogen and oxygen atoms in total. The lowest BCUT2D eigenvalue weighted by atomic mass is 10.1. The predicted octanol–water partition coefficient (Wildman–Crippen LogP) is 2.59. The van der Waals surface area contributed by atoms with Gasteiger partial charge in [-0.15, -0.1) is 0 Å². The Balaban J connectivity index is 2.58. The molecule has 0 aliphatic carbocycles. The van der Waals surface area contributed by atoms with E-state index >= 15 is 0 Å². The van der Waals surface area contributed by atoms with Gasteiger partial charge in [-0.05, 0) is 36.6 Å². The zero-order chi connectivity index (χ0) is 12.0. The standard InChI is InChI=1S/C13H18N2O/c1-10(2)6-7-15-13(9-14)11-4-3-5-12(16)8-11/h3-5,8,10,13,15-16H,6-7H2,1-2H3. The van der Waals surface area contributed by atoms with Crippen molar-refractivity contribution in [3.8, 4) is 11.8 Å². The van der Waals surface area contributed by atoms with Crippen LogP contribution in [0.15, 0.2) is 24.3 Å². The molecule has 86 valence electrons. The lowest BCUT2D eigenvalue weighted by molar-refractivity contribution is 0.472. The SMILES string of the molecule is CC(C)CCNC(C#N)c1cccc(O)c1. The molecule has 0 saturated heterocycles. The summed E-state index contributed by atoms with van der Waals surface area (Å²) in [5.74, 6) is 0.819. The normalized spacial score (nSPS) is 12.4. The van der Waals surface area contributed by atoms with Gasteiger partial charge in [0, 0.05) is 0 Å². The van der Waals surface area contributed by atoms with Crippen molar-refractivity contribution in [2.75, 3.05) is 6.54 Å². The Morgan fingerprint density at radius 3 is 2.75 bits per heavy atom. The zero-order valence-corrected chi connectivity index (χ0v) is 9.77. The first-order chi connectivity index (χ1) is 7.63. The van der Waals surface area contributed by atoms with Gasteiger partial charge in [0.25, 0.3) is 0 Å². The molecule has 0 radical (unpaired) electrons. The van der Waals surface area contributed by atoms with Crippen molar-refractivity contribution in [3.05, 3.63) is 29.8 Å². The molecule has 0 amide bonds. The van der Waals surface area contributed by atoms with Gasteiger partial charge >= 0.3 is 0 Å². The number of nitrogens with one attached hydrogen (secondary N) is 1. The van der Waals surface area contributed by atoms with Gasteiger partial charge < -0.3 is 5.11 Å². The first-order valence-electron chi connectivity index (χ1n) is 5.55. The second-order valence-electron chi connectivity index (χ2n) is 4.29. The molecule has 3 heteroatoms. The van der Waals surface area contributed by atoms with Crippen LogP contribution in [0, 0.1) is 17.2 Å². The molecule has 1 aromatic rings. The Morgan fingerprint density at radius 2 is 2.19 bits per heavy atom. The molecule has 1 aromatic carbocycles. The summed E-state index contributed by atoms with van der Waals surface area (Å²) in [7, 11) is 0. The highest BCUT2D eigenvalue weighted by molar-refractivity contribution is 5.31. The fourth-order valence-corrected chi connectivity index (χ4v) is 1.46. The lowest BCUT2D eigenvalue weighted by Crippen LogP contribution is -2.22. The fraction of sp³-hybridized carbons (Fsp3) is 0.462. The van der Waals surface area contributed by atoms with Crippen LogP contribution in [0.1, 0.15) is 31.9 Å². The zero-order valence-electron chi connectivity index (χ0n) is 9.77. The molecule has 16 heavy (non-hydrogen) atoms. The maximum Gasteiger partial charge on any atom is 0.121 e. The predicted molar refractivity (Wildman–Crippen MR) is 63.9 cm³/mol. The first kappa shape index (κ1) is 12.5. The molecule has 0 aromatic heterocycles. The largest absolute Gasteiger partial charge is 0.508 e. The number of hydrogen-bond donors (Lipinski definition) is 2. The maximum absolute atomic E-state index is 9.33. The fourth-order valence-electron chi connectivity index (χ4n) is 1.46. The maximum atomic E-state index is 9.33. The highest BCUT2D eigenvalue weighted by Gasteiger charge is 2.09. The third-order valence-corrected chi connectivity index (χ3v) is 2.40. The van der Waals surface area contributed by atoms with Crippen molar-refractivity contribution < 1.29 is 5.11 Å². The van der Waals surface area contributed by atoms with Crippen LogP contribution in [0.2, 0.25) is 0 Å². The number of rotatable bonds is 5. The smallest absolute Gasteiger partial charge is 0.121 e. The summed E-state index contributed by atoms with van der Waals surface area (Å²) in [5.41, 5.74) is 0.811. The van der Waals surface area contributed by atoms with Gasteiger partial charge in [-0.3, -0.25) is 5.32 Å². The van der Waals surface area contributed by atoms with Crippen LogP contribution in [0.5, 0.6) is 5.75 Å². The quantitative estimate of drug-likeness (QED) is 0.798. The molecule has 0 saturated carbocycles. The number of phenols is 1. The number of benzene rings is 1. The second-order valence-corrected chi connectivity index (χ2v) is 4.29. The van der Waals surface area contributed by atoms with Crippen LogP contribution < -0.4 is 5.32 Å². The molecule has 0 aliphatic rings. The van der Waals surface area contributed by atoms with Crippen LogP contribution in [-0.2, 0) is 0 Å². The van der Waals surface area contributed by atoms with Crippen LogP contribution in [-0.4, -0.2) is 11.7 Å². The summed E-state index contributed by atoms with van der Waals surface area (Å²) < 4.78 is 0. The minimum Gasteiger partial charge on any atom is -0.508 e. The van der Waals surface area contributed by atoms with E-state index in [1.807, 2.05) is 6.07 Å². The van der Waals surface area contributed by atoms with Gasteiger partial charge in [0.05, 0.1) is 6.07 Å². The average Bonchev–Trinajstić information content (AvgIpc) is 2.24. The monoisotopic (exact) mass is 218 g/mol. The summed E-state index contributed by atoms with van der Waals surface area (Å²) in [5, 5.41) is 21.5. The topological polar surface area (TPSA) is 56.0 Å². The Kier molecular flexibility index (Phi) is 4.81. The van der Waals surface area contributed by atoms with E-state index in [0.29, 0.717) is 5.92 Å². The van der Waals surface area contributed by atoms with E-state index in [1.165, 1.54) is 0 Å². The van der Waals surface area contributed by atoms with E-state index in [2.05, 4.69) is 25.2 Å². The van der Waals surface area contributed by atoms with Crippen molar-refractivity contribution in [3.63, 3.8) is 0 Å². The molecular weight excluding hydrogens is 200 g/mol. The van der Waals surface area contributed by atoms with E-state index in [-0.39, 0.29) is 11.8 Å². The van der Waals surface area contributed by atoms with Gasteiger partial charge in [0.1, 0.15) is 11.8 Å². The molecule has 0 heterocycles. The first-order valence-corrected chi connectivity index (χ1v) is 5.55. The molecule has 1 unspecified atom stereocenters. The van der Waals surface area contributed by atoms with E-state index in [1.54, 1.807) is 18.2 Å². The van der Waals surface area contributed by atoms with Crippen molar-refractivity contribution in [1.29, 1.82) is 5.26 Å². The third kappa shape index (κ3) is 3.92. The van der Waals surface area contributed by atoms with Crippen LogP contribution in [0.25, 0.3) is 0 Å². The Bertz CT molecular complexity index is 368. The van der Waals surface area contributed by atoms with Crippen molar-refractivity contribution in [2.24, 2.45) is 5.92 Å². The summed E-state index contributed by atoms with van der Waals surface area (Å²) >= 11 is 0. The molecule has 1 rings (SSSR count). The lowest BCUT2D eigenvalue weighted by Gasteiger charge is -2.13. The van der Waals surface area contributed by atoms with E-state index in [9.17, 15) is 5.11 Å². The van der Waals surface area contributed by atoms with Gasteiger partial charge in [0.2, 0.25) is 0 Å². The van der Waals surface area contributed by atoms with Crippen LogP contribution in [0.3, 0.4) is 0 Å². The summed E-state index contributed by atoms with van der Waals surface area (Å²) in [4.78, 5) is 0. The van der Waals surface area contributed by atoms with Crippen molar-refractivity contribution in [2.45, 2.75) is 26.3 Å². The molecule has 2 N–H and O–H groups in total. The van der Waals surface area contributed by atoms with Gasteiger partial charge in [-0.1, -0.05) is 26.0 Å². The Morgan fingerprint density at radius 1 is 1.44 bits per heavy atom. The molecule has 0 spiro atoms. The molecule has 0 aliphatic heterocycles. The number of nitriles is 1. The van der Waals surface area contributed by atoms with Gasteiger partial charge in [0.15, 0.2) is 0 Å². The van der Waals surface area contributed by atoms with Gasteiger partial charge in [-0.2, -0.15) is 5.26 Å². The summed E-state index contributed by atoms with van der Waals surface area (Å²) in [6.07, 6.45) is 1.04. The van der Waals surface area contributed by atoms with E-state index in [4.69, 9.17) is 5.26 Å². The number of hydrogen-bond acceptors (Lipinski definition) is 3. The molecular formula is C13H18N2O. The minimum absolute atomic E-state index is 0.198. The highest BCUT2D eigenvalue weighted by atomic mass is 16.3. The summed E-state index contributed by atoms with van der Waals surface area (Å²) in [6.45, 7) is 5.11. The summed E-state index contributed by atoms with van der Waals surface area (Å²) in [6, 6.07) is 8.67. The number of aromatic hydroxyl groups is 1. The number of nitrogens with zero attached hydrogens (tertiary/aromatic N) is 1. The second kappa shape index (κ2) is 6.14. The van der Waals surface area contributed by atoms with Gasteiger partial charge in [-0.25, -0.2) is 0 Å². The van der Waals surface area contributed by atoms with Crippen LogP contribution in [0.4, 0.5) is 0 Å². The van der Waals surface area contributed by atoms with Crippen molar-refractivity contribution >= 4 is 0 Å². The highest BCUT2D eigenvalue weighted by Crippen LogP contribution is 2.17. The Labute approximate surface area is 96.7 Å². The molecule has 0 bridgehead atoms. The molecule has 1 atom stereocenters. The van der Waals surface area contributed by atoms with E-state index < -0.39 is 0 Å². The van der Waals surface area contributed by atoms with Crippen molar-refractivity contribution in [1.82, 2.24) is 5.32 Å². The van der Waals surface area contributed by atoms with Crippen LogP contribution >= 0.6 is 0 Å². The third-order valence-electron chi connectivity index (χ3n) is 2.40. The average molecular weight is 218 g/mol. The van der Waals surface area contributed by atoms with E-state index in [0.717, 1.165) is 18.5 Å².